The SMILES string of the molecule is CCCCCCCCCCCCCCCCCCCCOS(=O)(=O)c1cc(Cl)cc(Cl)c1. The molecule has 0 aromatic heterocycles. The normalized spacial score (nSPS) is 11.8. The van der Waals surface area contributed by atoms with E-state index in [2.05, 4.69) is 6.92 Å². The molecule has 1 rings (SSSR count). The summed E-state index contributed by atoms with van der Waals surface area (Å²) in [5.41, 5.74) is 0. The van der Waals surface area contributed by atoms with Crippen molar-refractivity contribution in [1.82, 2.24) is 0 Å². The van der Waals surface area contributed by atoms with Gasteiger partial charge in [0.05, 0.1) is 11.5 Å². The summed E-state index contributed by atoms with van der Waals surface area (Å²) >= 11 is 11.7. The first-order valence-electron chi connectivity index (χ1n) is 12.8. The van der Waals surface area contributed by atoms with Gasteiger partial charge in [0.1, 0.15) is 0 Å². The van der Waals surface area contributed by atoms with Crippen LogP contribution in [-0.4, -0.2) is 15.0 Å². The Labute approximate surface area is 207 Å². The molecule has 0 aliphatic carbocycles. The summed E-state index contributed by atoms with van der Waals surface area (Å²) in [4.78, 5) is 0.0115. The van der Waals surface area contributed by atoms with E-state index in [1.54, 1.807) is 0 Å². The Morgan fingerprint density at radius 3 is 1.31 bits per heavy atom. The van der Waals surface area contributed by atoms with Crippen LogP contribution in [0.3, 0.4) is 0 Å². The summed E-state index contributed by atoms with van der Waals surface area (Å²) < 4.78 is 29.5. The highest BCUT2D eigenvalue weighted by Crippen LogP contribution is 2.24. The van der Waals surface area contributed by atoms with Crippen molar-refractivity contribution >= 4 is 33.3 Å². The molecule has 0 atom stereocenters. The third-order valence-corrected chi connectivity index (χ3v) is 7.59. The zero-order valence-electron chi connectivity index (χ0n) is 20.1. The van der Waals surface area contributed by atoms with E-state index < -0.39 is 10.1 Å². The molecule has 0 radical (unpaired) electrons. The number of halogens is 2. The van der Waals surface area contributed by atoms with Gasteiger partial charge in [-0.1, -0.05) is 139 Å². The van der Waals surface area contributed by atoms with Gasteiger partial charge in [-0.15, -0.1) is 0 Å². The van der Waals surface area contributed by atoms with E-state index in [1.165, 1.54) is 115 Å². The number of hydrogen-bond donors (Lipinski definition) is 0. The minimum atomic E-state index is -3.80. The van der Waals surface area contributed by atoms with Crippen LogP contribution in [0.5, 0.6) is 0 Å². The Hall–Kier alpha value is -0.290. The molecular formula is C26H44Cl2O3S. The molecular weight excluding hydrogens is 463 g/mol. The van der Waals surface area contributed by atoms with Crippen LogP contribution in [0.4, 0.5) is 0 Å². The van der Waals surface area contributed by atoms with Gasteiger partial charge in [0.15, 0.2) is 0 Å². The molecule has 1 aromatic rings. The van der Waals surface area contributed by atoms with Gasteiger partial charge in [-0.25, -0.2) is 0 Å². The van der Waals surface area contributed by atoms with E-state index in [0.29, 0.717) is 0 Å². The molecule has 0 fully saturated rings. The van der Waals surface area contributed by atoms with Gasteiger partial charge in [-0.3, -0.25) is 4.18 Å². The van der Waals surface area contributed by atoms with Gasteiger partial charge in [0, 0.05) is 10.0 Å². The van der Waals surface area contributed by atoms with E-state index in [9.17, 15) is 8.42 Å². The highest BCUT2D eigenvalue weighted by Gasteiger charge is 2.16. The first-order chi connectivity index (χ1) is 15.5. The number of benzene rings is 1. The molecule has 0 spiro atoms. The van der Waals surface area contributed by atoms with Gasteiger partial charge in [0.2, 0.25) is 0 Å². The molecule has 0 aliphatic heterocycles. The van der Waals surface area contributed by atoms with Crippen molar-refractivity contribution in [2.45, 2.75) is 127 Å². The van der Waals surface area contributed by atoms with Gasteiger partial charge in [0.25, 0.3) is 10.1 Å². The Balaban J connectivity index is 1.87. The summed E-state index contributed by atoms with van der Waals surface area (Å²) in [7, 11) is -3.80. The van der Waals surface area contributed by atoms with Crippen molar-refractivity contribution in [2.75, 3.05) is 6.61 Å². The van der Waals surface area contributed by atoms with Crippen molar-refractivity contribution in [2.24, 2.45) is 0 Å². The van der Waals surface area contributed by atoms with E-state index in [-0.39, 0.29) is 21.5 Å². The van der Waals surface area contributed by atoms with E-state index in [1.807, 2.05) is 0 Å². The third-order valence-electron chi connectivity index (χ3n) is 5.86. The van der Waals surface area contributed by atoms with E-state index in [4.69, 9.17) is 27.4 Å². The lowest BCUT2D eigenvalue weighted by Gasteiger charge is -2.07. The monoisotopic (exact) mass is 506 g/mol. The number of rotatable bonds is 21. The molecule has 3 nitrogen and oxygen atoms in total. The molecule has 0 amide bonds. The minimum absolute atomic E-state index is 0.0115. The standard InChI is InChI=1S/C26H44Cl2O3S/c1-2-3-4-5-6-7-8-9-10-11-12-13-14-15-16-17-18-19-20-31-32(29,30)26-22-24(27)21-25(28)23-26/h21-23H,2-20H2,1H3. The maximum absolute atomic E-state index is 12.2. The maximum Gasteiger partial charge on any atom is 0.297 e. The number of hydrogen-bond acceptors (Lipinski definition) is 3. The first-order valence-corrected chi connectivity index (χ1v) is 15.0. The van der Waals surface area contributed by atoms with Crippen molar-refractivity contribution < 1.29 is 12.6 Å². The Kier molecular flexibility index (Phi) is 17.7. The zero-order chi connectivity index (χ0) is 23.5. The molecule has 1 aromatic carbocycles. The molecule has 0 aliphatic rings. The lowest BCUT2D eigenvalue weighted by Crippen LogP contribution is -2.07. The largest absolute Gasteiger partial charge is 0.297 e. The Morgan fingerprint density at radius 2 is 0.938 bits per heavy atom. The van der Waals surface area contributed by atoms with Crippen LogP contribution < -0.4 is 0 Å². The molecule has 0 heterocycles. The van der Waals surface area contributed by atoms with Gasteiger partial charge in [-0.05, 0) is 24.6 Å². The smallest absolute Gasteiger partial charge is 0.266 e. The van der Waals surface area contributed by atoms with Crippen molar-refractivity contribution in [3.63, 3.8) is 0 Å². The van der Waals surface area contributed by atoms with Crippen molar-refractivity contribution in [1.29, 1.82) is 0 Å². The predicted molar refractivity (Wildman–Crippen MR) is 138 cm³/mol. The molecule has 6 heteroatoms. The second-order valence-electron chi connectivity index (χ2n) is 8.89. The fraction of sp³-hybridized carbons (Fsp3) is 0.769. The summed E-state index contributed by atoms with van der Waals surface area (Å²) in [6.45, 7) is 2.47. The van der Waals surface area contributed by atoms with Crippen LogP contribution in [0.15, 0.2) is 23.1 Å². The predicted octanol–water partition coefficient (Wildman–Crippen LogP) is 9.74. The van der Waals surface area contributed by atoms with Crippen LogP contribution >= 0.6 is 23.2 Å². The second kappa shape index (κ2) is 19.1. The van der Waals surface area contributed by atoms with Crippen molar-refractivity contribution in [3.8, 4) is 0 Å². The molecule has 32 heavy (non-hydrogen) atoms. The second-order valence-corrected chi connectivity index (χ2v) is 11.4. The van der Waals surface area contributed by atoms with Crippen LogP contribution in [0.1, 0.15) is 122 Å². The molecule has 0 saturated carbocycles. The fourth-order valence-electron chi connectivity index (χ4n) is 3.91. The minimum Gasteiger partial charge on any atom is -0.266 e. The van der Waals surface area contributed by atoms with Crippen molar-refractivity contribution in [3.05, 3.63) is 28.2 Å². The lowest BCUT2D eigenvalue weighted by atomic mass is 10.0. The summed E-state index contributed by atoms with van der Waals surface area (Å²) in [5, 5.41) is 0.570. The van der Waals surface area contributed by atoms with Crippen LogP contribution in [-0.2, 0) is 14.3 Å². The topological polar surface area (TPSA) is 43.4 Å². The van der Waals surface area contributed by atoms with Crippen LogP contribution in [0.25, 0.3) is 0 Å². The molecule has 0 unspecified atom stereocenters. The summed E-state index contributed by atoms with van der Waals surface area (Å²) in [6, 6.07) is 4.22. The van der Waals surface area contributed by atoms with Crippen LogP contribution in [0, 0.1) is 0 Å². The maximum atomic E-state index is 12.2. The molecule has 0 N–H and O–H groups in total. The molecule has 186 valence electrons. The van der Waals surface area contributed by atoms with Crippen LogP contribution in [0.2, 0.25) is 10.0 Å². The van der Waals surface area contributed by atoms with Gasteiger partial charge < -0.3 is 0 Å². The number of unbranched alkanes of at least 4 members (excludes halogenated alkanes) is 17. The zero-order valence-corrected chi connectivity index (χ0v) is 22.4. The quantitative estimate of drug-likeness (QED) is 0.123. The van der Waals surface area contributed by atoms with E-state index in [0.717, 1.165) is 19.3 Å². The van der Waals surface area contributed by atoms with Gasteiger partial charge >= 0.3 is 0 Å². The summed E-state index contributed by atoms with van der Waals surface area (Å²) in [6.07, 6.45) is 23.5. The average molecular weight is 508 g/mol. The highest BCUT2D eigenvalue weighted by atomic mass is 35.5. The first kappa shape index (κ1) is 29.7. The third kappa shape index (κ3) is 15.5. The highest BCUT2D eigenvalue weighted by molar-refractivity contribution is 7.86. The average Bonchev–Trinajstić information content (AvgIpc) is 2.74. The Bertz CT molecular complexity index is 672. The molecule has 0 saturated heterocycles. The molecule has 0 bridgehead atoms. The fourth-order valence-corrected chi connectivity index (χ4v) is 5.58. The van der Waals surface area contributed by atoms with Gasteiger partial charge in [-0.2, -0.15) is 8.42 Å². The van der Waals surface area contributed by atoms with E-state index >= 15 is 0 Å². The summed E-state index contributed by atoms with van der Waals surface area (Å²) in [5.74, 6) is 0. The lowest BCUT2D eigenvalue weighted by molar-refractivity contribution is 0.306. The Morgan fingerprint density at radius 1 is 0.594 bits per heavy atom.